The molecule has 10 atom stereocenters. The van der Waals surface area contributed by atoms with Crippen LogP contribution in [0.3, 0.4) is 0 Å². The van der Waals surface area contributed by atoms with Gasteiger partial charge in [0.25, 0.3) is 0 Å². The van der Waals surface area contributed by atoms with Crippen molar-refractivity contribution >= 4 is 11.9 Å². The molecule has 58 heavy (non-hydrogen) atoms. The van der Waals surface area contributed by atoms with E-state index in [1.165, 1.54) is 151 Å². The number of piperazine rings is 6. The highest BCUT2D eigenvalue weighted by Crippen LogP contribution is 2.77. The van der Waals surface area contributed by atoms with Gasteiger partial charge in [-0.15, -0.1) is 0 Å². The van der Waals surface area contributed by atoms with E-state index in [1.807, 2.05) is 0 Å². The van der Waals surface area contributed by atoms with Gasteiger partial charge in [0.15, 0.2) is 0 Å². The summed E-state index contributed by atoms with van der Waals surface area (Å²) < 4.78 is 15.4. The molecule has 326 valence electrons. The lowest BCUT2D eigenvalue weighted by atomic mass is 9.32. The van der Waals surface area contributed by atoms with E-state index in [0.717, 1.165) is 32.4 Å². The first kappa shape index (κ1) is 41.9. The molecule has 11 rings (SSSR count). The number of carbonyl (C=O) groups is 2. The minimum Gasteiger partial charge on any atom is -0.465 e. The van der Waals surface area contributed by atoms with Gasteiger partial charge in [0, 0.05) is 62.9 Å². The molecule has 6 heterocycles. The van der Waals surface area contributed by atoms with Crippen molar-refractivity contribution in [3.63, 3.8) is 0 Å². The average Bonchev–Trinajstić information content (AvgIpc) is 3.60. The summed E-state index contributed by atoms with van der Waals surface area (Å²) in [7, 11) is 0. The molecule has 8 nitrogen and oxygen atoms in total. The predicted octanol–water partition coefficient (Wildman–Crippen LogP) is 7.95. The number of carbonyl (C=O) groups excluding carboxylic acids is 2. The molecule has 0 spiro atoms. The van der Waals surface area contributed by atoms with Gasteiger partial charge in [-0.2, -0.15) is 0 Å². The van der Waals surface area contributed by atoms with Crippen molar-refractivity contribution in [2.45, 2.75) is 138 Å². The van der Waals surface area contributed by atoms with Crippen LogP contribution in [0.1, 0.15) is 131 Å². The van der Waals surface area contributed by atoms with Crippen LogP contribution in [-0.4, -0.2) is 135 Å². The maximum atomic E-state index is 13.5. The number of hydrogen-bond donors (Lipinski definition) is 0. The number of hydrogen-bond acceptors (Lipinski definition) is 6. The summed E-state index contributed by atoms with van der Waals surface area (Å²) >= 11 is 0. The summed E-state index contributed by atoms with van der Waals surface area (Å²) in [5, 5.41) is 0. The lowest BCUT2D eigenvalue weighted by Gasteiger charge is -2.73. The van der Waals surface area contributed by atoms with E-state index in [9.17, 15) is 9.59 Å². The molecule has 0 aromatic rings. The number of nitrogens with zero attached hydrogens (tertiary/aromatic N) is 4. The number of fused-ring (bicyclic) bond motifs is 13. The first-order valence-corrected chi connectivity index (χ1v) is 24.7. The summed E-state index contributed by atoms with van der Waals surface area (Å²) in [6.07, 6.45) is 15.2. The van der Waals surface area contributed by atoms with E-state index in [4.69, 9.17) is 9.47 Å². The van der Waals surface area contributed by atoms with Gasteiger partial charge in [-0.05, 0) is 117 Å². The zero-order chi connectivity index (χ0) is 40.8. The number of rotatable bonds is 12. The monoisotopic (exact) mass is 805 g/mol. The summed E-state index contributed by atoms with van der Waals surface area (Å²) in [6.45, 7) is 37.8. The van der Waals surface area contributed by atoms with Crippen LogP contribution < -0.4 is 0 Å². The quantitative estimate of drug-likeness (QED) is 0.114. The van der Waals surface area contributed by atoms with E-state index in [1.54, 1.807) is 0 Å². The van der Waals surface area contributed by atoms with Gasteiger partial charge in [0.05, 0.1) is 71.8 Å². The Kier molecular flexibility index (Phi) is 10.9. The largest absolute Gasteiger partial charge is 0.465 e. The Morgan fingerprint density at radius 1 is 0.655 bits per heavy atom. The van der Waals surface area contributed by atoms with Crippen LogP contribution in [0.15, 0.2) is 12.2 Å². The lowest BCUT2D eigenvalue weighted by molar-refractivity contribution is -0.941. The fourth-order valence-corrected chi connectivity index (χ4v) is 17.5. The fourth-order valence-electron chi connectivity index (χ4n) is 17.5. The second kappa shape index (κ2) is 15.1. The molecule has 5 unspecified atom stereocenters. The zero-order valence-electron chi connectivity index (χ0n) is 38.1. The Morgan fingerprint density at radius 3 is 1.83 bits per heavy atom. The molecule has 0 aromatic carbocycles. The lowest BCUT2D eigenvalue weighted by Crippen LogP contribution is -2.67. The van der Waals surface area contributed by atoms with Gasteiger partial charge in [-0.1, -0.05) is 46.8 Å². The molecule has 4 bridgehead atoms. The Balaban J connectivity index is 0.846. The van der Waals surface area contributed by atoms with Gasteiger partial charge >= 0.3 is 11.9 Å². The molecule has 5 saturated carbocycles. The van der Waals surface area contributed by atoms with Crippen LogP contribution in [0.5, 0.6) is 0 Å². The van der Waals surface area contributed by atoms with Crippen LogP contribution >= 0.6 is 0 Å². The minimum absolute atomic E-state index is 0.0204. The molecule has 0 radical (unpaired) electrons. The van der Waals surface area contributed by atoms with Gasteiger partial charge in [0.1, 0.15) is 6.10 Å². The van der Waals surface area contributed by atoms with E-state index in [-0.39, 0.29) is 45.1 Å². The Hall–Kier alpha value is -1.48. The second-order valence-electron chi connectivity index (χ2n) is 23.9. The molecule has 0 aromatic heterocycles. The average molecular weight is 805 g/mol. The second-order valence-corrected chi connectivity index (χ2v) is 23.9. The molecule has 6 saturated heterocycles. The molecule has 11 aliphatic rings. The van der Waals surface area contributed by atoms with Crippen molar-refractivity contribution in [3.8, 4) is 0 Å². The van der Waals surface area contributed by atoms with E-state index >= 15 is 0 Å². The van der Waals surface area contributed by atoms with Crippen molar-refractivity contribution in [3.05, 3.63) is 12.2 Å². The first-order valence-electron chi connectivity index (χ1n) is 24.7. The van der Waals surface area contributed by atoms with Crippen molar-refractivity contribution in [2.75, 3.05) is 98.2 Å². The molecule has 0 amide bonds. The molecular formula is C50H84N4O4+2. The van der Waals surface area contributed by atoms with Crippen molar-refractivity contribution < 1.29 is 28.0 Å². The van der Waals surface area contributed by atoms with Crippen LogP contribution in [0.4, 0.5) is 0 Å². The summed E-state index contributed by atoms with van der Waals surface area (Å²) in [6, 6.07) is 0. The highest BCUT2D eigenvalue weighted by Gasteiger charge is 2.71. The predicted molar refractivity (Wildman–Crippen MR) is 231 cm³/mol. The van der Waals surface area contributed by atoms with Crippen molar-refractivity contribution in [1.82, 2.24) is 9.80 Å². The van der Waals surface area contributed by atoms with Crippen LogP contribution in [-0.2, 0) is 19.1 Å². The van der Waals surface area contributed by atoms with E-state index in [2.05, 4.69) is 57.9 Å². The topological polar surface area (TPSA) is 59.1 Å². The first-order chi connectivity index (χ1) is 27.6. The highest BCUT2D eigenvalue weighted by atomic mass is 16.5. The molecule has 8 heteroatoms. The van der Waals surface area contributed by atoms with Crippen LogP contribution in [0.2, 0.25) is 0 Å². The Bertz CT molecular complexity index is 1550. The number of allylic oxidation sites excluding steroid dienone is 1. The molecule has 11 fully saturated rings. The van der Waals surface area contributed by atoms with Crippen LogP contribution in [0.25, 0.3) is 0 Å². The number of esters is 2. The minimum atomic E-state index is -0.0263. The van der Waals surface area contributed by atoms with Gasteiger partial charge < -0.3 is 18.4 Å². The highest BCUT2D eigenvalue weighted by molar-refractivity contribution is 5.69. The van der Waals surface area contributed by atoms with Gasteiger partial charge in [-0.3, -0.25) is 19.4 Å². The summed E-state index contributed by atoms with van der Waals surface area (Å²) in [4.78, 5) is 32.2. The Labute approximate surface area is 353 Å². The molecule has 0 N–H and O–H groups in total. The zero-order valence-corrected chi connectivity index (χ0v) is 38.1. The van der Waals surface area contributed by atoms with Crippen molar-refractivity contribution in [1.29, 1.82) is 0 Å². The Morgan fingerprint density at radius 2 is 1.24 bits per heavy atom. The third kappa shape index (κ3) is 6.80. The number of quaternary nitrogens is 2. The van der Waals surface area contributed by atoms with E-state index < -0.39 is 0 Å². The molecule has 5 aliphatic carbocycles. The van der Waals surface area contributed by atoms with Gasteiger partial charge in [-0.25, -0.2) is 0 Å². The smallest absolute Gasteiger partial charge is 0.306 e. The standard InChI is InChI=1S/C50H84N4O4/c1-37(2)38-14-19-50(36-57-43(55)10-8-28-53-30-22-51(23-31-53)24-32-53)21-20-48(6)39(45(38)50)12-13-41-47(5)17-16-42(46(3,4)40(47)15-18-49(41,48)7)58-44(56)11-9-29-54-33-25-52(26-34-54)27-35-54/h38-42,45H,1,8-36H2,2-7H3/q+2/t38?,39?,40?,41?,42-,45?,47-,48+,49+,50+/m0/s1. The van der Waals surface area contributed by atoms with Crippen LogP contribution in [0, 0.1) is 56.7 Å². The van der Waals surface area contributed by atoms with E-state index in [0.29, 0.717) is 49.0 Å². The molecular weight excluding hydrogens is 721 g/mol. The normalized spacial score (nSPS) is 48.6. The summed E-state index contributed by atoms with van der Waals surface area (Å²) in [5.41, 5.74) is 2.20. The summed E-state index contributed by atoms with van der Waals surface area (Å²) in [5.74, 6) is 3.06. The maximum Gasteiger partial charge on any atom is 0.306 e. The van der Waals surface area contributed by atoms with Gasteiger partial charge in [0.2, 0.25) is 0 Å². The molecule has 6 aliphatic heterocycles. The third-order valence-corrected chi connectivity index (χ3v) is 21.3. The number of ether oxygens (including phenoxy) is 2. The maximum absolute atomic E-state index is 13.5. The SMILES string of the molecule is C=C(C)C1CC[C@]2(COC(=O)CCC[N+]34CCN(CC3)CC4)CC[C@]3(C)C(CCC4[C@@]5(C)CC[C@H](OC(=O)CCC[N+]67CCN(CC6)CC7)C(C)(C)C5CC[C@]43C)C12. The van der Waals surface area contributed by atoms with Crippen molar-refractivity contribution in [2.24, 2.45) is 56.7 Å². The fraction of sp³-hybridized carbons (Fsp3) is 0.920. The third-order valence-electron chi connectivity index (χ3n) is 21.3.